The quantitative estimate of drug-likeness (QED) is 0.686. The molecule has 1 aliphatic rings. The molecule has 5 heteroatoms. The summed E-state index contributed by atoms with van der Waals surface area (Å²) in [5.74, 6) is 0.592. The minimum atomic E-state index is 0.592. The van der Waals surface area contributed by atoms with Crippen LogP contribution in [0.3, 0.4) is 0 Å². The summed E-state index contributed by atoms with van der Waals surface area (Å²) in [6, 6.07) is 8.37. The highest BCUT2D eigenvalue weighted by Crippen LogP contribution is 2.14. The third kappa shape index (κ3) is 5.62. The number of morpholine rings is 1. The van der Waals surface area contributed by atoms with E-state index in [-0.39, 0.29) is 0 Å². The Labute approximate surface area is 138 Å². The number of rotatable bonds is 4. The summed E-state index contributed by atoms with van der Waals surface area (Å²) in [6.07, 6.45) is 0. The van der Waals surface area contributed by atoms with Crippen LogP contribution in [0.5, 0.6) is 0 Å². The number of aliphatic imine (C=N–C) groups is 2. The molecule has 1 N–H and O–H groups in total. The molecule has 1 saturated heterocycles. The lowest BCUT2D eigenvalue weighted by Gasteiger charge is -2.26. The largest absolute Gasteiger partial charge is 0.379 e. The Morgan fingerprint density at radius 3 is 2.70 bits per heavy atom. The van der Waals surface area contributed by atoms with E-state index in [0.29, 0.717) is 5.96 Å². The molecule has 0 saturated carbocycles. The molecule has 0 unspecified atom stereocenters. The van der Waals surface area contributed by atoms with Crippen LogP contribution in [-0.2, 0) is 11.3 Å². The Morgan fingerprint density at radius 2 is 2.04 bits per heavy atom. The van der Waals surface area contributed by atoms with Crippen LogP contribution in [-0.4, -0.2) is 49.9 Å². The fourth-order valence-electron chi connectivity index (χ4n) is 2.28. The second kappa shape index (κ2) is 8.60. The summed E-state index contributed by atoms with van der Waals surface area (Å²) >= 11 is 0. The fourth-order valence-corrected chi connectivity index (χ4v) is 2.28. The number of nitrogens with one attached hydrogen (secondary N) is 1. The van der Waals surface area contributed by atoms with Gasteiger partial charge in [0.25, 0.3) is 0 Å². The highest BCUT2D eigenvalue weighted by atomic mass is 16.5. The lowest BCUT2D eigenvalue weighted by atomic mass is 10.2. The third-order valence-electron chi connectivity index (χ3n) is 3.80. The molecule has 5 nitrogen and oxygen atoms in total. The van der Waals surface area contributed by atoms with Crippen molar-refractivity contribution in [3.05, 3.63) is 42.0 Å². The summed E-state index contributed by atoms with van der Waals surface area (Å²) in [5, 5.41) is 3.27. The average Bonchev–Trinajstić information content (AvgIpc) is 2.55. The second-order valence-corrected chi connectivity index (χ2v) is 5.74. The average molecular weight is 314 g/mol. The van der Waals surface area contributed by atoms with Crippen molar-refractivity contribution < 1.29 is 4.74 Å². The van der Waals surface area contributed by atoms with Gasteiger partial charge in [-0.25, -0.2) is 4.99 Å². The highest BCUT2D eigenvalue weighted by molar-refractivity contribution is 6.08. The molecule has 1 aromatic rings. The topological polar surface area (TPSA) is 49.2 Å². The first-order valence-electron chi connectivity index (χ1n) is 7.92. The minimum absolute atomic E-state index is 0.592. The molecule has 0 amide bonds. The van der Waals surface area contributed by atoms with E-state index in [1.165, 1.54) is 5.56 Å². The molecule has 0 aliphatic carbocycles. The van der Waals surface area contributed by atoms with E-state index in [9.17, 15) is 0 Å². The van der Waals surface area contributed by atoms with Gasteiger partial charge < -0.3 is 10.1 Å². The van der Waals surface area contributed by atoms with Crippen LogP contribution < -0.4 is 5.32 Å². The first-order valence-corrected chi connectivity index (χ1v) is 7.92. The summed E-state index contributed by atoms with van der Waals surface area (Å²) in [7, 11) is 1.73. The molecule has 0 bridgehead atoms. The van der Waals surface area contributed by atoms with Crippen LogP contribution in [0.4, 0.5) is 5.69 Å². The Hall–Kier alpha value is -1.98. The molecule has 0 spiro atoms. The summed E-state index contributed by atoms with van der Waals surface area (Å²) in [4.78, 5) is 11.1. The van der Waals surface area contributed by atoms with Crippen LogP contribution >= 0.6 is 0 Å². The maximum atomic E-state index is 5.39. The predicted molar refractivity (Wildman–Crippen MR) is 97.4 cm³/mol. The Bertz CT molecular complexity index is 601. The van der Waals surface area contributed by atoms with Crippen LogP contribution in [0.1, 0.15) is 19.4 Å². The molecule has 0 aromatic heterocycles. The molecule has 124 valence electrons. The van der Waals surface area contributed by atoms with Crippen molar-refractivity contribution in [2.24, 2.45) is 9.98 Å². The Kier molecular flexibility index (Phi) is 6.50. The minimum Gasteiger partial charge on any atom is -0.379 e. The molecule has 2 rings (SSSR count). The monoisotopic (exact) mass is 314 g/mol. The van der Waals surface area contributed by atoms with Crippen LogP contribution in [0.25, 0.3) is 0 Å². The number of ether oxygens (including phenoxy) is 1. The van der Waals surface area contributed by atoms with Gasteiger partial charge in [0.05, 0.1) is 13.2 Å². The molecular formula is C18H26N4O. The summed E-state index contributed by atoms with van der Waals surface area (Å²) < 4.78 is 5.39. The molecular weight excluding hydrogens is 288 g/mol. The lowest BCUT2D eigenvalue weighted by Crippen LogP contribution is -2.35. The van der Waals surface area contributed by atoms with Gasteiger partial charge in [-0.05, 0) is 37.1 Å². The Balaban J connectivity index is 2.03. The van der Waals surface area contributed by atoms with Crippen molar-refractivity contribution in [3.63, 3.8) is 0 Å². The molecule has 1 aromatic carbocycles. The standard InChI is InChI=1S/C18H26N4O/c1-14(2)15(3)20-18(19-4)21-17-7-5-6-16(12-17)13-22-8-10-23-11-9-22/h5-7,12H,1,8-11,13H2,2-4H3,(H,19,21)/b20-15-. The lowest BCUT2D eigenvalue weighted by molar-refractivity contribution is 0.0342. The Morgan fingerprint density at radius 1 is 1.30 bits per heavy atom. The number of nitrogens with zero attached hydrogens (tertiary/aromatic N) is 3. The van der Waals surface area contributed by atoms with Crippen molar-refractivity contribution in [1.29, 1.82) is 0 Å². The molecule has 23 heavy (non-hydrogen) atoms. The normalized spacial score (nSPS) is 17.2. The smallest absolute Gasteiger partial charge is 0.222 e. The van der Waals surface area contributed by atoms with E-state index < -0.39 is 0 Å². The van der Waals surface area contributed by atoms with Crippen molar-refractivity contribution in [1.82, 2.24) is 4.90 Å². The fraction of sp³-hybridized carbons (Fsp3) is 0.444. The predicted octanol–water partition coefficient (Wildman–Crippen LogP) is 2.95. The van der Waals surface area contributed by atoms with Gasteiger partial charge in [0.15, 0.2) is 0 Å². The van der Waals surface area contributed by atoms with Crippen molar-refractivity contribution in [2.75, 3.05) is 38.7 Å². The van der Waals surface area contributed by atoms with Gasteiger partial charge in [0.2, 0.25) is 5.96 Å². The van der Waals surface area contributed by atoms with E-state index in [0.717, 1.165) is 49.8 Å². The van der Waals surface area contributed by atoms with E-state index in [2.05, 4.69) is 45.0 Å². The van der Waals surface area contributed by atoms with Gasteiger partial charge in [0.1, 0.15) is 0 Å². The van der Waals surface area contributed by atoms with Crippen LogP contribution in [0.2, 0.25) is 0 Å². The van der Waals surface area contributed by atoms with Gasteiger partial charge in [-0.2, -0.15) is 0 Å². The first kappa shape index (κ1) is 17.4. The molecule has 1 aliphatic heterocycles. The number of hydrogen-bond donors (Lipinski definition) is 1. The summed E-state index contributed by atoms with van der Waals surface area (Å²) in [6.45, 7) is 12.3. The SMILES string of the molecule is C=C(C)/C(C)=N\C(=NC)Nc1cccc(CN2CCOCC2)c1. The number of anilines is 1. The van der Waals surface area contributed by atoms with Crippen LogP contribution in [0, 0.1) is 0 Å². The van der Waals surface area contributed by atoms with Gasteiger partial charge in [-0.3, -0.25) is 9.89 Å². The van der Waals surface area contributed by atoms with Gasteiger partial charge in [0, 0.05) is 38.1 Å². The molecule has 1 fully saturated rings. The zero-order chi connectivity index (χ0) is 16.7. The number of allylic oxidation sites excluding steroid dienone is 1. The van der Waals surface area contributed by atoms with Crippen molar-refractivity contribution >= 4 is 17.4 Å². The number of benzene rings is 1. The van der Waals surface area contributed by atoms with Gasteiger partial charge in [-0.1, -0.05) is 18.7 Å². The van der Waals surface area contributed by atoms with Crippen LogP contribution in [0.15, 0.2) is 46.4 Å². The molecule has 0 radical (unpaired) electrons. The zero-order valence-corrected chi connectivity index (χ0v) is 14.3. The highest BCUT2D eigenvalue weighted by Gasteiger charge is 2.11. The van der Waals surface area contributed by atoms with Gasteiger partial charge >= 0.3 is 0 Å². The van der Waals surface area contributed by atoms with Gasteiger partial charge in [-0.15, -0.1) is 0 Å². The molecule has 0 atom stereocenters. The number of hydrogen-bond acceptors (Lipinski definition) is 3. The summed E-state index contributed by atoms with van der Waals surface area (Å²) in [5.41, 5.74) is 4.08. The maximum Gasteiger partial charge on any atom is 0.222 e. The second-order valence-electron chi connectivity index (χ2n) is 5.74. The maximum absolute atomic E-state index is 5.39. The first-order chi connectivity index (χ1) is 11.1. The van der Waals surface area contributed by atoms with Crippen molar-refractivity contribution in [2.45, 2.75) is 20.4 Å². The van der Waals surface area contributed by atoms with E-state index in [1.807, 2.05) is 19.9 Å². The van der Waals surface area contributed by atoms with E-state index >= 15 is 0 Å². The van der Waals surface area contributed by atoms with Crippen molar-refractivity contribution in [3.8, 4) is 0 Å². The third-order valence-corrected chi connectivity index (χ3v) is 3.80. The zero-order valence-electron chi connectivity index (χ0n) is 14.3. The molecule has 1 heterocycles. The van der Waals surface area contributed by atoms with E-state index in [1.54, 1.807) is 7.05 Å². The van der Waals surface area contributed by atoms with E-state index in [4.69, 9.17) is 4.74 Å². The number of guanidine groups is 1.